The molecule has 0 saturated heterocycles. The molecule has 2 N–H and O–H groups in total. The summed E-state index contributed by atoms with van der Waals surface area (Å²) in [5.74, 6) is 1.36. The minimum Gasteiger partial charge on any atom is -0.367 e. The third kappa shape index (κ3) is 2.67. The highest BCUT2D eigenvalue weighted by Gasteiger charge is 2.13. The molecule has 3 nitrogen and oxygen atoms in total. The number of aryl methyl sites for hydroxylation is 1. The third-order valence-corrected chi connectivity index (χ3v) is 3.76. The number of hydrogen-bond donors (Lipinski definition) is 1. The van der Waals surface area contributed by atoms with Crippen LogP contribution >= 0.6 is 11.5 Å². The molecule has 1 aromatic rings. The normalized spacial score (nSPS) is 18.6. The van der Waals surface area contributed by atoms with Crippen LogP contribution in [-0.4, -0.2) is 9.36 Å². The fourth-order valence-corrected chi connectivity index (χ4v) is 2.76. The molecule has 4 heteroatoms. The number of nitrogen functional groups attached to an aromatic ring is 1. The van der Waals surface area contributed by atoms with Crippen molar-refractivity contribution in [2.24, 2.45) is 5.92 Å². The second kappa shape index (κ2) is 4.73. The Morgan fingerprint density at radius 1 is 1.29 bits per heavy atom. The second-order valence-electron chi connectivity index (χ2n) is 4.09. The lowest BCUT2D eigenvalue weighted by molar-refractivity contribution is 0.339. The molecule has 1 aromatic heterocycles. The van der Waals surface area contributed by atoms with Crippen LogP contribution in [0.3, 0.4) is 0 Å². The van der Waals surface area contributed by atoms with E-state index in [1.165, 1.54) is 50.1 Å². The summed E-state index contributed by atoms with van der Waals surface area (Å²) in [4.78, 5) is 4.18. The highest BCUT2D eigenvalue weighted by molar-refractivity contribution is 7.05. The van der Waals surface area contributed by atoms with Gasteiger partial charge in [0.2, 0.25) is 5.95 Å². The molecule has 0 atom stereocenters. The largest absolute Gasteiger partial charge is 0.367 e. The topological polar surface area (TPSA) is 51.8 Å². The van der Waals surface area contributed by atoms with E-state index in [9.17, 15) is 0 Å². The molecule has 0 spiro atoms. The van der Waals surface area contributed by atoms with Gasteiger partial charge in [-0.1, -0.05) is 32.1 Å². The summed E-state index contributed by atoms with van der Waals surface area (Å²) in [6, 6.07) is 0. The fourth-order valence-electron chi connectivity index (χ4n) is 2.17. The fraction of sp³-hybridized carbons (Fsp3) is 0.800. The molecule has 0 aromatic carbocycles. The van der Waals surface area contributed by atoms with Crippen molar-refractivity contribution in [2.45, 2.75) is 44.9 Å². The average molecular weight is 211 g/mol. The van der Waals surface area contributed by atoms with Gasteiger partial charge in [0.15, 0.2) is 0 Å². The quantitative estimate of drug-likeness (QED) is 0.836. The molecule has 1 heterocycles. The van der Waals surface area contributed by atoms with Gasteiger partial charge in [-0.2, -0.15) is 4.37 Å². The summed E-state index contributed by atoms with van der Waals surface area (Å²) >= 11 is 1.45. The number of nitrogens with two attached hydrogens (primary N) is 1. The highest BCUT2D eigenvalue weighted by Crippen LogP contribution is 2.27. The van der Waals surface area contributed by atoms with Gasteiger partial charge in [0.25, 0.3) is 0 Å². The Morgan fingerprint density at radius 3 is 2.71 bits per heavy atom. The minimum absolute atomic E-state index is 0.439. The molecule has 1 saturated carbocycles. The maximum atomic E-state index is 5.48. The number of nitrogens with zero attached hydrogens (tertiary/aromatic N) is 2. The van der Waals surface area contributed by atoms with Crippen LogP contribution in [0.25, 0.3) is 0 Å². The van der Waals surface area contributed by atoms with E-state index >= 15 is 0 Å². The van der Waals surface area contributed by atoms with E-state index in [1.54, 1.807) is 0 Å². The number of aromatic nitrogens is 2. The van der Waals surface area contributed by atoms with Gasteiger partial charge in [-0.05, 0) is 23.9 Å². The van der Waals surface area contributed by atoms with Crippen LogP contribution in [0.5, 0.6) is 0 Å². The van der Waals surface area contributed by atoms with Crippen LogP contribution < -0.4 is 5.73 Å². The van der Waals surface area contributed by atoms with E-state index < -0.39 is 0 Å². The van der Waals surface area contributed by atoms with Crippen LogP contribution in [0.2, 0.25) is 0 Å². The summed E-state index contributed by atoms with van der Waals surface area (Å²) in [7, 11) is 0. The first kappa shape index (κ1) is 9.90. The van der Waals surface area contributed by atoms with Crippen molar-refractivity contribution < 1.29 is 0 Å². The van der Waals surface area contributed by atoms with Crippen LogP contribution in [0, 0.1) is 5.92 Å². The second-order valence-corrected chi connectivity index (χ2v) is 4.93. The molecule has 1 aliphatic rings. The SMILES string of the molecule is Nc1nsc(CCC2CCCCC2)n1. The Morgan fingerprint density at radius 2 is 2.07 bits per heavy atom. The Labute approximate surface area is 88.9 Å². The summed E-state index contributed by atoms with van der Waals surface area (Å²) in [5.41, 5.74) is 5.48. The zero-order chi connectivity index (χ0) is 9.80. The van der Waals surface area contributed by atoms with Gasteiger partial charge in [-0.3, -0.25) is 0 Å². The van der Waals surface area contributed by atoms with E-state index in [1.807, 2.05) is 0 Å². The monoisotopic (exact) mass is 211 g/mol. The van der Waals surface area contributed by atoms with Crippen molar-refractivity contribution in [1.82, 2.24) is 9.36 Å². The lowest BCUT2D eigenvalue weighted by Crippen LogP contribution is -2.07. The van der Waals surface area contributed by atoms with E-state index in [0.717, 1.165) is 17.3 Å². The molecule has 0 amide bonds. The van der Waals surface area contributed by atoms with Crippen molar-refractivity contribution in [1.29, 1.82) is 0 Å². The first-order valence-electron chi connectivity index (χ1n) is 5.42. The highest BCUT2D eigenvalue weighted by atomic mass is 32.1. The molecule has 1 aliphatic carbocycles. The first-order valence-corrected chi connectivity index (χ1v) is 6.20. The molecular weight excluding hydrogens is 194 g/mol. The maximum absolute atomic E-state index is 5.48. The van der Waals surface area contributed by atoms with E-state index in [-0.39, 0.29) is 0 Å². The molecule has 0 unspecified atom stereocenters. The summed E-state index contributed by atoms with van der Waals surface area (Å²) in [6.07, 6.45) is 9.44. The molecule has 78 valence electrons. The standard InChI is InChI=1S/C10H17N3S/c11-10-12-9(14-13-10)7-6-8-4-2-1-3-5-8/h8H,1-7H2,(H2,11,13). The Bertz CT molecular complexity index is 279. The predicted octanol–water partition coefficient (Wildman–Crippen LogP) is 2.63. The molecule has 2 rings (SSSR count). The van der Waals surface area contributed by atoms with Gasteiger partial charge in [-0.15, -0.1) is 0 Å². The lowest BCUT2D eigenvalue weighted by Gasteiger charge is -2.20. The van der Waals surface area contributed by atoms with Gasteiger partial charge in [0.1, 0.15) is 5.01 Å². The summed E-state index contributed by atoms with van der Waals surface area (Å²) in [5, 5.41) is 1.10. The van der Waals surface area contributed by atoms with Gasteiger partial charge >= 0.3 is 0 Å². The first-order chi connectivity index (χ1) is 6.84. The van der Waals surface area contributed by atoms with E-state index in [4.69, 9.17) is 5.73 Å². The smallest absolute Gasteiger partial charge is 0.232 e. The maximum Gasteiger partial charge on any atom is 0.232 e. The van der Waals surface area contributed by atoms with Crippen molar-refractivity contribution in [3.05, 3.63) is 5.01 Å². The van der Waals surface area contributed by atoms with Crippen LogP contribution in [0.4, 0.5) is 5.95 Å². The van der Waals surface area contributed by atoms with Gasteiger partial charge in [-0.25, -0.2) is 4.98 Å². The van der Waals surface area contributed by atoms with Crippen LogP contribution in [-0.2, 0) is 6.42 Å². The van der Waals surface area contributed by atoms with Crippen molar-refractivity contribution >= 4 is 17.5 Å². The average Bonchev–Trinajstić information content (AvgIpc) is 2.63. The van der Waals surface area contributed by atoms with Crippen molar-refractivity contribution in [2.75, 3.05) is 5.73 Å². The molecule has 14 heavy (non-hydrogen) atoms. The van der Waals surface area contributed by atoms with Gasteiger partial charge in [0.05, 0.1) is 0 Å². The van der Waals surface area contributed by atoms with Crippen molar-refractivity contribution in [3.8, 4) is 0 Å². The minimum atomic E-state index is 0.439. The zero-order valence-electron chi connectivity index (χ0n) is 8.41. The lowest BCUT2D eigenvalue weighted by atomic mass is 9.86. The Hall–Kier alpha value is -0.640. The molecule has 0 bridgehead atoms. The molecule has 1 fully saturated rings. The van der Waals surface area contributed by atoms with Crippen LogP contribution in [0.15, 0.2) is 0 Å². The van der Waals surface area contributed by atoms with Crippen molar-refractivity contribution in [3.63, 3.8) is 0 Å². The van der Waals surface area contributed by atoms with E-state index in [0.29, 0.717) is 5.95 Å². The number of anilines is 1. The van der Waals surface area contributed by atoms with E-state index in [2.05, 4.69) is 9.36 Å². The Kier molecular flexibility index (Phi) is 3.35. The van der Waals surface area contributed by atoms with Gasteiger partial charge < -0.3 is 5.73 Å². The summed E-state index contributed by atoms with van der Waals surface area (Å²) < 4.78 is 3.99. The predicted molar refractivity (Wildman–Crippen MR) is 59.2 cm³/mol. The zero-order valence-corrected chi connectivity index (χ0v) is 9.22. The summed E-state index contributed by atoms with van der Waals surface area (Å²) in [6.45, 7) is 0. The molecular formula is C10H17N3S. The number of hydrogen-bond acceptors (Lipinski definition) is 4. The molecule has 0 radical (unpaired) electrons. The van der Waals surface area contributed by atoms with Crippen LogP contribution in [0.1, 0.15) is 43.5 Å². The van der Waals surface area contributed by atoms with Gasteiger partial charge in [0, 0.05) is 6.42 Å². The third-order valence-electron chi connectivity index (χ3n) is 2.97. The molecule has 0 aliphatic heterocycles. The number of rotatable bonds is 3. The Balaban J connectivity index is 1.76.